The zero-order chi connectivity index (χ0) is 12.4. The largest absolute Gasteiger partial charge is 0.469 e. The molecule has 4 heteroatoms. The van der Waals surface area contributed by atoms with E-state index in [0.29, 0.717) is 19.3 Å². The minimum absolute atomic E-state index is 0.304. The third-order valence-electron chi connectivity index (χ3n) is 4.18. The highest BCUT2D eigenvalue weighted by atomic mass is 16.5. The molecule has 94 valence electrons. The Labute approximate surface area is 97.6 Å². The van der Waals surface area contributed by atoms with Crippen LogP contribution in [-0.2, 0) is 9.53 Å². The van der Waals surface area contributed by atoms with Crippen LogP contribution in [-0.4, -0.2) is 48.8 Å². The molecule has 1 heterocycles. The van der Waals surface area contributed by atoms with Crippen molar-refractivity contribution in [1.82, 2.24) is 4.90 Å². The fourth-order valence-corrected chi connectivity index (χ4v) is 2.43. The zero-order valence-corrected chi connectivity index (χ0v) is 10.7. The number of nitrogens with zero attached hydrogens (tertiary/aromatic N) is 1. The minimum Gasteiger partial charge on any atom is -0.469 e. The Morgan fingerprint density at radius 1 is 1.50 bits per heavy atom. The molecule has 1 saturated heterocycles. The van der Waals surface area contributed by atoms with Crippen LogP contribution in [0.4, 0.5) is 0 Å². The van der Waals surface area contributed by atoms with Gasteiger partial charge in [-0.05, 0) is 33.2 Å². The maximum Gasteiger partial charge on any atom is 0.314 e. The van der Waals surface area contributed by atoms with E-state index in [1.165, 1.54) is 7.11 Å². The molecule has 0 radical (unpaired) electrons. The summed E-state index contributed by atoms with van der Waals surface area (Å²) < 4.78 is 4.84. The third kappa shape index (κ3) is 2.09. The van der Waals surface area contributed by atoms with Crippen LogP contribution >= 0.6 is 0 Å². The molecule has 0 aromatic rings. The fourth-order valence-electron chi connectivity index (χ4n) is 2.43. The number of piperidine rings is 1. The minimum atomic E-state index is -0.929. The first-order valence-electron chi connectivity index (χ1n) is 5.89. The van der Waals surface area contributed by atoms with Crippen molar-refractivity contribution in [2.45, 2.75) is 38.7 Å². The van der Waals surface area contributed by atoms with Crippen molar-refractivity contribution in [2.75, 3.05) is 27.2 Å². The first-order chi connectivity index (χ1) is 7.39. The summed E-state index contributed by atoms with van der Waals surface area (Å²) in [5.41, 5.74) is -1.72. The van der Waals surface area contributed by atoms with Gasteiger partial charge in [0.2, 0.25) is 0 Å². The molecule has 0 bridgehead atoms. The second-order valence-electron chi connectivity index (χ2n) is 5.01. The monoisotopic (exact) mass is 229 g/mol. The summed E-state index contributed by atoms with van der Waals surface area (Å²) in [4.78, 5) is 14.0. The Hall–Kier alpha value is -0.610. The SMILES string of the molecule is CCC(C)(C(=O)OC)C1(O)CCN(C)CC1. The smallest absolute Gasteiger partial charge is 0.314 e. The molecule has 0 aliphatic carbocycles. The number of hydrogen-bond acceptors (Lipinski definition) is 4. The first kappa shape index (κ1) is 13.5. The van der Waals surface area contributed by atoms with E-state index in [-0.39, 0.29) is 5.97 Å². The molecule has 16 heavy (non-hydrogen) atoms. The number of ether oxygens (including phenoxy) is 1. The van der Waals surface area contributed by atoms with Gasteiger partial charge in [0.05, 0.1) is 18.1 Å². The molecule has 0 saturated carbocycles. The lowest BCUT2D eigenvalue weighted by Crippen LogP contribution is -2.56. The van der Waals surface area contributed by atoms with Crippen LogP contribution in [0, 0.1) is 5.41 Å². The van der Waals surface area contributed by atoms with E-state index in [4.69, 9.17) is 4.74 Å². The van der Waals surface area contributed by atoms with Gasteiger partial charge in [0, 0.05) is 13.1 Å². The van der Waals surface area contributed by atoms with Gasteiger partial charge in [-0.15, -0.1) is 0 Å². The van der Waals surface area contributed by atoms with E-state index in [1.54, 1.807) is 0 Å². The van der Waals surface area contributed by atoms with E-state index < -0.39 is 11.0 Å². The van der Waals surface area contributed by atoms with E-state index in [9.17, 15) is 9.90 Å². The van der Waals surface area contributed by atoms with Gasteiger partial charge in [0.25, 0.3) is 0 Å². The molecule has 0 spiro atoms. The van der Waals surface area contributed by atoms with Gasteiger partial charge in [0.15, 0.2) is 0 Å². The van der Waals surface area contributed by atoms with Gasteiger partial charge < -0.3 is 14.7 Å². The molecule has 0 aromatic carbocycles. The summed E-state index contributed by atoms with van der Waals surface area (Å²) in [5, 5.41) is 10.7. The number of methoxy groups -OCH3 is 1. The van der Waals surface area contributed by atoms with Gasteiger partial charge in [0.1, 0.15) is 0 Å². The normalized spacial score (nSPS) is 24.8. The summed E-state index contributed by atoms with van der Waals surface area (Å²) >= 11 is 0. The fraction of sp³-hybridized carbons (Fsp3) is 0.917. The van der Waals surface area contributed by atoms with Gasteiger partial charge in [-0.1, -0.05) is 6.92 Å². The van der Waals surface area contributed by atoms with Gasteiger partial charge in [-0.3, -0.25) is 4.79 Å². The van der Waals surface area contributed by atoms with Crippen LogP contribution < -0.4 is 0 Å². The quantitative estimate of drug-likeness (QED) is 0.734. The second kappa shape index (κ2) is 4.72. The second-order valence-corrected chi connectivity index (χ2v) is 5.01. The number of aliphatic hydroxyl groups is 1. The highest BCUT2D eigenvalue weighted by Crippen LogP contribution is 2.42. The molecule has 1 aliphatic heterocycles. The molecule has 1 N–H and O–H groups in total. The number of rotatable bonds is 3. The number of esters is 1. The van der Waals surface area contributed by atoms with Crippen molar-refractivity contribution in [3.63, 3.8) is 0 Å². The Kier molecular flexibility index (Phi) is 3.97. The number of carbonyl (C=O) groups excluding carboxylic acids is 1. The van der Waals surface area contributed by atoms with Crippen LogP contribution in [0.3, 0.4) is 0 Å². The molecular formula is C12H23NO3. The van der Waals surface area contributed by atoms with Crippen LogP contribution in [0.5, 0.6) is 0 Å². The van der Waals surface area contributed by atoms with E-state index >= 15 is 0 Å². The van der Waals surface area contributed by atoms with Crippen LogP contribution in [0.25, 0.3) is 0 Å². The molecule has 1 rings (SSSR count). The van der Waals surface area contributed by atoms with Crippen molar-refractivity contribution in [2.24, 2.45) is 5.41 Å². The van der Waals surface area contributed by atoms with Crippen molar-refractivity contribution < 1.29 is 14.6 Å². The summed E-state index contributed by atoms with van der Waals surface area (Å²) in [6.07, 6.45) is 1.85. The zero-order valence-electron chi connectivity index (χ0n) is 10.7. The van der Waals surface area contributed by atoms with Gasteiger partial charge in [-0.25, -0.2) is 0 Å². The molecular weight excluding hydrogens is 206 g/mol. The van der Waals surface area contributed by atoms with Crippen molar-refractivity contribution in [3.05, 3.63) is 0 Å². The van der Waals surface area contributed by atoms with E-state index in [1.807, 2.05) is 20.9 Å². The lowest BCUT2D eigenvalue weighted by atomic mass is 9.66. The van der Waals surface area contributed by atoms with Crippen molar-refractivity contribution >= 4 is 5.97 Å². The highest BCUT2D eigenvalue weighted by molar-refractivity contribution is 5.77. The first-order valence-corrected chi connectivity index (χ1v) is 5.89. The molecule has 1 aliphatic rings. The van der Waals surface area contributed by atoms with Crippen LogP contribution in [0.2, 0.25) is 0 Å². The van der Waals surface area contributed by atoms with Gasteiger partial charge in [-0.2, -0.15) is 0 Å². The molecule has 1 atom stereocenters. The Balaban J connectivity index is 2.90. The third-order valence-corrected chi connectivity index (χ3v) is 4.18. The number of likely N-dealkylation sites (tertiary alicyclic amines) is 1. The van der Waals surface area contributed by atoms with Crippen LogP contribution in [0.1, 0.15) is 33.1 Å². The maximum absolute atomic E-state index is 11.9. The lowest BCUT2D eigenvalue weighted by molar-refractivity contribution is -0.178. The number of carbonyl (C=O) groups is 1. The summed E-state index contributed by atoms with van der Waals surface area (Å²) in [5.74, 6) is -0.304. The Bertz CT molecular complexity index is 259. The van der Waals surface area contributed by atoms with E-state index in [0.717, 1.165) is 13.1 Å². The number of hydrogen-bond donors (Lipinski definition) is 1. The average molecular weight is 229 g/mol. The molecule has 4 nitrogen and oxygen atoms in total. The standard InChI is InChI=1S/C12H23NO3/c1-5-11(2,10(14)16-4)12(15)6-8-13(3)9-7-12/h15H,5-9H2,1-4H3. The lowest BCUT2D eigenvalue weighted by Gasteiger charge is -2.46. The summed E-state index contributed by atoms with van der Waals surface area (Å²) in [7, 11) is 3.41. The van der Waals surface area contributed by atoms with E-state index in [2.05, 4.69) is 4.90 Å². The molecule has 1 fully saturated rings. The predicted molar refractivity (Wildman–Crippen MR) is 62.1 cm³/mol. The molecule has 0 amide bonds. The van der Waals surface area contributed by atoms with Gasteiger partial charge >= 0.3 is 5.97 Å². The predicted octanol–water partition coefficient (Wildman–Crippen LogP) is 1.03. The summed E-state index contributed by atoms with van der Waals surface area (Å²) in [6, 6.07) is 0. The Morgan fingerprint density at radius 3 is 2.38 bits per heavy atom. The van der Waals surface area contributed by atoms with Crippen molar-refractivity contribution in [1.29, 1.82) is 0 Å². The Morgan fingerprint density at radius 2 is 2.00 bits per heavy atom. The molecule has 0 aromatic heterocycles. The topological polar surface area (TPSA) is 49.8 Å². The average Bonchev–Trinajstić information content (AvgIpc) is 2.30. The van der Waals surface area contributed by atoms with Crippen molar-refractivity contribution in [3.8, 4) is 0 Å². The highest BCUT2D eigenvalue weighted by Gasteiger charge is 2.52. The maximum atomic E-state index is 11.9. The van der Waals surface area contributed by atoms with Crippen LogP contribution in [0.15, 0.2) is 0 Å². The summed E-state index contributed by atoms with van der Waals surface area (Å²) in [6.45, 7) is 5.38. The molecule has 1 unspecified atom stereocenters.